The molecule has 5 atom stereocenters. The largest absolute Gasteiger partial charge is 0.391 e. The van der Waals surface area contributed by atoms with Crippen molar-refractivity contribution in [2.45, 2.75) is 44.5 Å². The maximum absolute atomic E-state index is 12.4. The number of hydrogen-bond acceptors (Lipinski definition) is 5. The van der Waals surface area contributed by atoms with Crippen LogP contribution in [0.2, 0.25) is 0 Å². The van der Waals surface area contributed by atoms with E-state index in [-0.39, 0.29) is 0 Å². The molecule has 20 heavy (non-hydrogen) atoms. The van der Waals surface area contributed by atoms with Gasteiger partial charge in [0.1, 0.15) is 12.1 Å². The third-order valence-electron chi connectivity index (χ3n) is 4.00. The average Bonchev–Trinajstić information content (AvgIpc) is 2.51. The number of nitrogens with zero attached hydrogens (tertiary/aromatic N) is 1. The first-order valence-corrected chi connectivity index (χ1v) is 6.35. The first kappa shape index (κ1) is 16.4. The van der Waals surface area contributed by atoms with Crippen LogP contribution in [-0.2, 0) is 14.4 Å². The fourth-order valence-electron chi connectivity index (χ4n) is 2.36. The van der Waals surface area contributed by atoms with Crippen LogP contribution in [0.15, 0.2) is 0 Å². The van der Waals surface area contributed by atoms with Crippen LogP contribution >= 0.6 is 0 Å². The van der Waals surface area contributed by atoms with Crippen LogP contribution in [0.5, 0.6) is 0 Å². The molecule has 1 heterocycles. The Morgan fingerprint density at radius 3 is 2.30 bits per heavy atom. The van der Waals surface area contributed by atoms with E-state index in [2.05, 4.69) is 5.32 Å². The molecule has 0 saturated carbocycles. The van der Waals surface area contributed by atoms with Gasteiger partial charge in [0, 0.05) is 13.0 Å². The molecule has 0 spiro atoms. The minimum absolute atomic E-state index is 0.426. The highest BCUT2D eigenvalue weighted by atomic mass is 16.3. The predicted molar refractivity (Wildman–Crippen MR) is 71.1 cm³/mol. The minimum atomic E-state index is -1.16. The van der Waals surface area contributed by atoms with Crippen molar-refractivity contribution in [2.75, 3.05) is 7.05 Å². The molecule has 1 rings (SSSR count). The second-order valence-electron chi connectivity index (χ2n) is 5.56. The maximum atomic E-state index is 12.4. The number of carbonyl (C=O) groups excluding carboxylic acids is 3. The molecule has 1 saturated heterocycles. The van der Waals surface area contributed by atoms with Gasteiger partial charge in [-0.3, -0.25) is 14.4 Å². The van der Waals surface area contributed by atoms with E-state index in [1.807, 2.05) is 0 Å². The molecule has 1 aliphatic heterocycles. The summed E-state index contributed by atoms with van der Waals surface area (Å²) < 4.78 is 0. The lowest BCUT2D eigenvalue weighted by molar-refractivity contribution is -0.143. The smallest absolute Gasteiger partial charge is 0.246 e. The topological polar surface area (TPSA) is 139 Å². The fraction of sp³-hybridized carbons (Fsp3) is 0.750. The third-order valence-corrected chi connectivity index (χ3v) is 4.00. The number of nitrogens with two attached hydrogens (primary N) is 2. The van der Waals surface area contributed by atoms with Crippen molar-refractivity contribution in [1.82, 2.24) is 10.2 Å². The summed E-state index contributed by atoms with van der Waals surface area (Å²) in [6.45, 7) is 4.58. The first-order chi connectivity index (χ1) is 9.01. The van der Waals surface area contributed by atoms with Gasteiger partial charge in [0.15, 0.2) is 0 Å². The van der Waals surface area contributed by atoms with Gasteiger partial charge in [0.05, 0.1) is 11.6 Å². The van der Waals surface area contributed by atoms with Gasteiger partial charge in [-0.2, -0.15) is 0 Å². The van der Waals surface area contributed by atoms with Crippen LogP contribution in [0.3, 0.4) is 0 Å². The van der Waals surface area contributed by atoms with Crippen molar-refractivity contribution >= 4 is 17.7 Å². The van der Waals surface area contributed by atoms with Gasteiger partial charge in [0.25, 0.3) is 0 Å². The van der Waals surface area contributed by atoms with Gasteiger partial charge in [-0.05, 0) is 13.8 Å². The van der Waals surface area contributed by atoms with E-state index < -0.39 is 47.4 Å². The minimum Gasteiger partial charge on any atom is -0.391 e. The highest BCUT2D eigenvalue weighted by Gasteiger charge is 2.51. The van der Waals surface area contributed by atoms with Gasteiger partial charge in [-0.1, -0.05) is 6.92 Å². The van der Waals surface area contributed by atoms with Crippen LogP contribution in [-0.4, -0.2) is 58.5 Å². The molecule has 1 fully saturated rings. The zero-order chi connectivity index (χ0) is 15.8. The summed E-state index contributed by atoms with van der Waals surface area (Å²) in [5, 5.41) is 12.1. The van der Waals surface area contributed by atoms with Crippen molar-refractivity contribution < 1.29 is 19.5 Å². The number of primary amides is 1. The van der Waals surface area contributed by atoms with Crippen LogP contribution in [0.1, 0.15) is 20.8 Å². The lowest BCUT2D eigenvalue weighted by atomic mass is 9.86. The molecule has 3 unspecified atom stereocenters. The Hall–Kier alpha value is -1.67. The summed E-state index contributed by atoms with van der Waals surface area (Å²) in [5.41, 5.74) is 9.89. The number of aliphatic hydroxyl groups excluding tert-OH is 1. The Balaban J connectivity index is 2.96. The molecule has 6 N–H and O–H groups in total. The lowest BCUT2D eigenvalue weighted by Crippen LogP contribution is -2.56. The zero-order valence-corrected chi connectivity index (χ0v) is 12.1. The molecule has 1 aliphatic rings. The van der Waals surface area contributed by atoms with E-state index in [4.69, 9.17) is 11.5 Å². The Kier molecular flexibility index (Phi) is 4.40. The highest BCUT2D eigenvalue weighted by Crippen LogP contribution is 2.26. The van der Waals surface area contributed by atoms with Gasteiger partial charge >= 0.3 is 0 Å². The van der Waals surface area contributed by atoms with E-state index >= 15 is 0 Å². The first-order valence-electron chi connectivity index (χ1n) is 6.35. The number of nitrogens with one attached hydrogen (secondary N) is 1. The summed E-state index contributed by atoms with van der Waals surface area (Å²) in [7, 11) is 1.36. The Bertz CT molecular complexity index is 435. The monoisotopic (exact) mass is 286 g/mol. The van der Waals surface area contributed by atoms with Gasteiger partial charge in [-0.25, -0.2) is 0 Å². The van der Waals surface area contributed by atoms with Crippen molar-refractivity contribution in [3.63, 3.8) is 0 Å². The van der Waals surface area contributed by atoms with Crippen LogP contribution in [0, 0.1) is 5.92 Å². The molecule has 0 bridgehead atoms. The summed E-state index contributed by atoms with van der Waals surface area (Å²) in [5.74, 6) is -2.20. The molecule has 0 aromatic heterocycles. The number of aliphatic hydroxyl groups is 1. The number of rotatable bonds is 4. The van der Waals surface area contributed by atoms with E-state index in [1.165, 1.54) is 14.0 Å². The van der Waals surface area contributed by atoms with E-state index in [9.17, 15) is 19.5 Å². The second kappa shape index (κ2) is 5.37. The molecule has 0 aromatic rings. The molecule has 8 nitrogen and oxygen atoms in total. The van der Waals surface area contributed by atoms with E-state index in [0.29, 0.717) is 0 Å². The highest BCUT2D eigenvalue weighted by molar-refractivity contribution is 5.98. The van der Waals surface area contributed by atoms with Crippen LogP contribution in [0.4, 0.5) is 0 Å². The van der Waals surface area contributed by atoms with Gasteiger partial charge in [-0.15, -0.1) is 0 Å². The average molecular weight is 286 g/mol. The number of carbonyl (C=O) groups is 3. The van der Waals surface area contributed by atoms with Gasteiger partial charge in [0.2, 0.25) is 17.7 Å². The normalized spacial score (nSPS) is 32.4. The standard InChI is InChI=1S/C12H22N4O4/c1-5-7(15-11(20)12(5,3)14)10(19)16(4)8(6(2)17)9(13)18/h5-8,17H,14H2,1-4H3,(H2,13,18)(H,15,20)/t5?,6-,7?,8+,12?/m1/s1. The van der Waals surface area contributed by atoms with Crippen molar-refractivity contribution in [3.8, 4) is 0 Å². The number of amides is 3. The summed E-state index contributed by atoms with van der Waals surface area (Å²) in [6, 6.07) is -2.00. The summed E-state index contributed by atoms with van der Waals surface area (Å²) in [6.07, 6.45) is -1.11. The molecule has 0 radical (unpaired) electrons. The van der Waals surface area contributed by atoms with Crippen molar-refractivity contribution in [1.29, 1.82) is 0 Å². The number of likely N-dealkylation sites (N-methyl/N-ethyl adjacent to an activating group) is 1. The maximum Gasteiger partial charge on any atom is 0.246 e. The van der Waals surface area contributed by atoms with Crippen LogP contribution in [0.25, 0.3) is 0 Å². The lowest BCUT2D eigenvalue weighted by Gasteiger charge is -2.31. The van der Waals surface area contributed by atoms with E-state index in [1.54, 1.807) is 13.8 Å². The van der Waals surface area contributed by atoms with Crippen LogP contribution < -0.4 is 16.8 Å². The van der Waals surface area contributed by atoms with Crippen molar-refractivity contribution in [3.05, 3.63) is 0 Å². The fourth-order valence-corrected chi connectivity index (χ4v) is 2.36. The molecule has 3 amide bonds. The second-order valence-corrected chi connectivity index (χ2v) is 5.56. The third kappa shape index (κ3) is 2.61. The molecule has 8 heteroatoms. The summed E-state index contributed by atoms with van der Waals surface area (Å²) >= 11 is 0. The Morgan fingerprint density at radius 2 is 2.00 bits per heavy atom. The molecule has 0 aliphatic carbocycles. The summed E-state index contributed by atoms with van der Waals surface area (Å²) in [4.78, 5) is 36.5. The number of hydrogen-bond donors (Lipinski definition) is 4. The molecular formula is C12H22N4O4. The Labute approximate surface area is 117 Å². The van der Waals surface area contributed by atoms with Crippen molar-refractivity contribution in [2.24, 2.45) is 17.4 Å². The molecule has 0 aromatic carbocycles. The van der Waals surface area contributed by atoms with E-state index in [0.717, 1.165) is 4.90 Å². The van der Waals surface area contributed by atoms with Gasteiger partial charge < -0.3 is 26.8 Å². The quantitative estimate of drug-likeness (QED) is 0.453. The zero-order valence-electron chi connectivity index (χ0n) is 12.1. The SMILES string of the molecule is CC1C(C(=O)N(C)[C@H](C(N)=O)[C@@H](C)O)NC(=O)C1(C)N. The predicted octanol–water partition coefficient (Wildman–Crippen LogP) is -2.47. The molecule has 114 valence electrons. The Morgan fingerprint density at radius 1 is 1.50 bits per heavy atom. The molecular weight excluding hydrogens is 264 g/mol.